The number of ether oxygens (including phenoxy) is 2. The van der Waals surface area contributed by atoms with Crippen LogP contribution in [0.2, 0.25) is 5.02 Å². The summed E-state index contributed by atoms with van der Waals surface area (Å²) in [5, 5.41) is 8.02. The maximum atomic E-state index is 14.4. The minimum Gasteiger partial charge on any atom is -0.497 e. The van der Waals surface area contributed by atoms with E-state index in [1.807, 2.05) is 0 Å². The van der Waals surface area contributed by atoms with Crippen molar-refractivity contribution in [2.45, 2.75) is 13.3 Å². The standard InChI is InChI=1S/C18H11ClF4N4O2/c1-8-16-26-25-15-13(20)6-10(28-2)7-14(15)27(16)17(24-8)11-5-9(3-4-12(11)19)29-18(21,22)23/h3-7H,1-2H3. The van der Waals surface area contributed by atoms with Crippen LogP contribution < -0.4 is 9.47 Å². The van der Waals surface area contributed by atoms with Gasteiger partial charge < -0.3 is 9.47 Å². The Morgan fingerprint density at radius 1 is 1.07 bits per heavy atom. The first kappa shape index (κ1) is 19.2. The van der Waals surface area contributed by atoms with Gasteiger partial charge in [0.05, 0.1) is 23.3 Å². The van der Waals surface area contributed by atoms with Crippen LogP contribution in [0.3, 0.4) is 0 Å². The predicted molar refractivity (Wildman–Crippen MR) is 96.7 cm³/mol. The molecule has 0 fully saturated rings. The summed E-state index contributed by atoms with van der Waals surface area (Å²) in [6.45, 7) is 1.64. The van der Waals surface area contributed by atoms with Gasteiger partial charge >= 0.3 is 6.36 Å². The van der Waals surface area contributed by atoms with Crippen molar-refractivity contribution in [2.24, 2.45) is 0 Å². The van der Waals surface area contributed by atoms with Crippen LogP contribution >= 0.6 is 11.6 Å². The van der Waals surface area contributed by atoms with Gasteiger partial charge in [-0.15, -0.1) is 23.4 Å². The predicted octanol–water partition coefficient (Wildman–Crippen LogP) is 4.95. The van der Waals surface area contributed by atoms with Gasteiger partial charge in [0.2, 0.25) is 0 Å². The summed E-state index contributed by atoms with van der Waals surface area (Å²) >= 11 is 6.23. The van der Waals surface area contributed by atoms with Crippen molar-refractivity contribution in [3.63, 3.8) is 0 Å². The van der Waals surface area contributed by atoms with E-state index in [1.54, 1.807) is 6.92 Å². The molecule has 4 rings (SSSR count). The van der Waals surface area contributed by atoms with E-state index in [0.29, 0.717) is 11.3 Å². The lowest BCUT2D eigenvalue weighted by atomic mass is 10.2. The Kier molecular flexibility index (Phi) is 4.45. The number of aromatic nitrogens is 4. The van der Waals surface area contributed by atoms with Crippen molar-refractivity contribution in [1.29, 1.82) is 0 Å². The summed E-state index contributed by atoms with van der Waals surface area (Å²) in [6.07, 6.45) is -4.87. The van der Waals surface area contributed by atoms with E-state index < -0.39 is 17.9 Å². The molecule has 0 unspecified atom stereocenters. The fourth-order valence-corrected chi connectivity index (χ4v) is 3.17. The second-order valence-electron chi connectivity index (χ2n) is 6.05. The van der Waals surface area contributed by atoms with Crippen LogP contribution in [-0.2, 0) is 0 Å². The lowest BCUT2D eigenvalue weighted by molar-refractivity contribution is -0.274. The molecule has 0 saturated carbocycles. The number of nitrogens with zero attached hydrogens (tertiary/aromatic N) is 4. The Bertz CT molecular complexity index is 1260. The molecule has 2 aromatic heterocycles. The Labute approximate surface area is 165 Å². The topological polar surface area (TPSA) is 61.5 Å². The first-order valence-corrected chi connectivity index (χ1v) is 8.50. The van der Waals surface area contributed by atoms with Gasteiger partial charge in [0.15, 0.2) is 11.5 Å². The SMILES string of the molecule is COc1cc(F)c2nnc3c(C)nc(-c4cc(OC(F)(F)F)ccc4Cl)n3c2c1. The smallest absolute Gasteiger partial charge is 0.497 e. The summed E-state index contributed by atoms with van der Waals surface area (Å²) in [5.74, 6) is -0.766. The van der Waals surface area contributed by atoms with Gasteiger partial charge in [0, 0.05) is 17.7 Å². The molecular weight excluding hydrogens is 416 g/mol. The van der Waals surface area contributed by atoms with Crippen molar-refractivity contribution in [1.82, 2.24) is 19.6 Å². The van der Waals surface area contributed by atoms with E-state index in [2.05, 4.69) is 19.9 Å². The fraction of sp³-hybridized carbons (Fsp3) is 0.167. The molecule has 0 atom stereocenters. The molecule has 0 aliphatic carbocycles. The number of alkyl halides is 3. The Hall–Kier alpha value is -3.14. The molecule has 29 heavy (non-hydrogen) atoms. The van der Waals surface area contributed by atoms with Crippen molar-refractivity contribution < 1.29 is 27.0 Å². The molecule has 0 radical (unpaired) electrons. The molecular formula is C18H11ClF4N4O2. The number of methoxy groups -OCH3 is 1. The molecule has 0 aliphatic rings. The number of aryl methyl sites for hydroxylation is 1. The molecule has 0 bridgehead atoms. The second kappa shape index (κ2) is 6.73. The number of hydrogen-bond acceptors (Lipinski definition) is 5. The lowest BCUT2D eigenvalue weighted by Crippen LogP contribution is -2.17. The van der Waals surface area contributed by atoms with Gasteiger partial charge in [-0.25, -0.2) is 9.37 Å². The number of hydrogen-bond donors (Lipinski definition) is 0. The monoisotopic (exact) mass is 426 g/mol. The highest BCUT2D eigenvalue weighted by Gasteiger charge is 2.31. The van der Waals surface area contributed by atoms with Crippen LogP contribution in [-0.4, -0.2) is 33.1 Å². The normalized spacial score (nSPS) is 12.0. The third-order valence-corrected chi connectivity index (χ3v) is 4.50. The van der Waals surface area contributed by atoms with Crippen LogP contribution in [0.15, 0.2) is 30.3 Å². The average Bonchev–Trinajstić information content (AvgIpc) is 2.99. The van der Waals surface area contributed by atoms with Gasteiger partial charge in [-0.05, 0) is 25.1 Å². The maximum absolute atomic E-state index is 14.4. The van der Waals surface area contributed by atoms with Crippen LogP contribution in [0.1, 0.15) is 5.69 Å². The molecule has 0 saturated heterocycles. The van der Waals surface area contributed by atoms with E-state index in [9.17, 15) is 17.6 Å². The minimum atomic E-state index is -4.87. The molecule has 6 nitrogen and oxygen atoms in total. The van der Waals surface area contributed by atoms with Crippen LogP contribution in [0.5, 0.6) is 11.5 Å². The molecule has 0 aliphatic heterocycles. The Balaban J connectivity index is 2.04. The number of rotatable bonds is 3. The summed E-state index contributed by atoms with van der Waals surface area (Å²) in [5.41, 5.74) is 1.07. The third-order valence-electron chi connectivity index (χ3n) is 4.17. The fourth-order valence-electron chi connectivity index (χ4n) is 2.96. The molecule has 0 amide bonds. The second-order valence-corrected chi connectivity index (χ2v) is 6.45. The van der Waals surface area contributed by atoms with Crippen LogP contribution in [0.25, 0.3) is 28.1 Å². The van der Waals surface area contributed by atoms with Gasteiger partial charge in [-0.2, -0.15) is 0 Å². The number of imidazole rings is 1. The van der Waals surface area contributed by atoms with Crippen molar-refractivity contribution in [3.8, 4) is 22.9 Å². The molecule has 150 valence electrons. The number of fused-ring (bicyclic) bond motifs is 3. The molecule has 2 aromatic carbocycles. The number of halogens is 5. The van der Waals surface area contributed by atoms with E-state index in [1.165, 1.54) is 23.6 Å². The van der Waals surface area contributed by atoms with Crippen molar-refractivity contribution >= 4 is 28.3 Å². The summed E-state index contributed by atoms with van der Waals surface area (Å²) in [6, 6.07) is 6.12. The highest BCUT2D eigenvalue weighted by atomic mass is 35.5. The van der Waals surface area contributed by atoms with Gasteiger partial charge in [-0.1, -0.05) is 11.6 Å². The quantitative estimate of drug-likeness (QED) is 0.434. The van der Waals surface area contributed by atoms with Crippen LogP contribution in [0, 0.1) is 12.7 Å². The van der Waals surface area contributed by atoms with E-state index >= 15 is 0 Å². The average molecular weight is 427 g/mol. The third kappa shape index (κ3) is 3.39. The van der Waals surface area contributed by atoms with E-state index in [4.69, 9.17) is 16.3 Å². The Morgan fingerprint density at radius 3 is 2.52 bits per heavy atom. The highest BCUT2D eigenvalue weighted by Crippen LogP contribution is 2.35. The van der Waals surface area contributed by atoms with E-state index in [-0.39, 0.29) is 33.2 Å². The first-order chi connectivity index (χ1) is 13.7. The minimum absolute atomic E-state index is 0.0595. The zero-order valence-corrected chi connectivity index (χ0v) is 15.6. The largest absolute Gasteiger partial charge is 0.573 e. The van der Waals surface area contributed by atoms with Crippen LogP contribution in [0.4, 0.5) is 17.6 Å². The van der Waals surface area contributed by atoms with Gasteiger partial charge in [-0.3, -0.25) is 4.40 Å². The van der Waals surface area contributed by atoms with E-state index in [0.717, 1.165) is 18.2 Å². The summed E-state index contributed by atoms with van der Waals surface area (Å²) in [7, 11) is 1.38. The van der Waals surface area contributed by atoms with Crippen molar-refractivity contribution in [3.05, 3.63) is 46.9 Å². The molecule has 4 aromatic rings. The zero-order chi connectivity index (χ0) is 20.9. The van der Waals surface area contributed by atoms with Gasteiger partial charge in [0.1, 0.15) is 22.8 Å². The summed E-state index contributed by atoms with van der Waals surface area (Å²) < 4.78 is 62.8. The van der Waals surface area contributed by atoms with Gasteiger partial charge in [0.25, 0.3) is 0 Å². The lowest BCUT2D eigenvalue weighted by Gasteiger charge is -2.12. The molecule has 2 heterocycles. The summed E-state index contributed by atoms with van der Waals surface area (Å²) in [4.78, 5) is 4.37. The zero-order valence-electron chi connectivity index (χ0n) is 14.9. The molecule has 11 heteroatoms. The van der Waals surface area contributed by atoms with Crippen molar-refractivity contribution in [2.75, 3.05) is 7.11 Å². The Morgan fingerprint density at radius 2 is 1.83 bits per heavy atom. The highest BCUT2D eigenvalue weighted by molar-refractivity contribution is 6.33. The number of benzene rings is 2. The first-order valence-electron chi connectivity index (χ1n) is 8.12. The maximum Gasteiger partial charge on any atom is 0.573 e. The molecule has 0 spiro atoms. The molecule has 0 N–H and O–H groups in total.